The summed E-state index contributed by atoms with van der Waals surface area (Å²) in [6.45, 7) is 3.79. The molecule has 0 aromatic rings. The maximum atomic E-state index is 13.1. The molecule has 9 nitrogen and oxygen atoms in total. The van der Waals surface area contributed by atoms with E-state index in [1.807, 2.05) is 6.08 Å². The average molecular weight is 1060 g/mol. The van der Waals surface area contributed by atoms with E-state index in [-0.39, 0.29) is 12.5 Å². The van der Waals surface area contributed by atoms with E-state index in [2.05, 4.69) is 55.6 Å². The minimum Gasteiger partial charge on any atom is -0.394 e. The molecule has 1 heterocycles. The second-order valence-electron chi connectivity index (χ2n) is 22.5. The Kier molecular flexibility index (Phi) is 52.6. The van der Waals surface area contributed by atoms with Gasteiger partial charge in [0.05, 0.1) is 25.4 Å². The number of carbonyl (C=O) groups is 1. The zero-order valence-electron chi connectivity index (χ0n) is 49.1. The summed E-state index contributed by atoms with van der Waals surface area (Å²) in [5.41, 5.74) is 0. The number of carbonyl (C=O) groups excluding carboxylic acids is 1. The van der Waals surface area contributed by atoms with Crippen molar-refractivity contribution >= 4 is 5.91 Å². The molecule has 0 spiro atoms. The van der Waals surface area contributed by atoms with Gasteiger partial charge in [0.1, 0.15) is 24.4 Å². The van der Waals surface area contributed by atoms with E-state index in [9.17, 15) is 30.3 Å². The maximum absolute atomic E-state index is 13.1. The predicted molar refractivity (Wildman–Crippen MR) is 318 cm³/mol. The van der Waals surface area contributed by atoms with Gasteiger partial charge in [-0.2, -0.15) is 0 Å². The maximum Gasteiger partial charge on any atom is 0.220 e. The lowest BCUT2D eigenvalue weighted by Gasteiger charge is -2.40. The van der Waals surface area contributed by atoms with Crippen LogP contribution in [-0.2, 0) is 14.3 Å². The number of allylic oxidation sites excluding steroid dienone is 7. The predicted octanol–water partition coefficient (Wildman–Crippen LogP) is 16.9. The van der Waals surface area contributed by atoms with Crippen LogP contribution in [0.2, 0.25) is 0 Å². The van der Waals surface area contributed by atoms with Gasteiger partial charge in [0.25, 0.3) is 0 Å². The van der Waals surface area contributed by atoms with E-state index < -0.39 is 49.5 Å². The molecule has 1 fully saturated rings. The van der Waals surface area contributed by atoms with Gasteiger partial charge in [-0.05, 0) is 70.6 Å². The van der Waals surface area contributed by atoms with Crippen molar-refractivity contribution < 1.29 is 39.8 Å². The number of rotatable bonds is 56. The second kappa shape index (κ2) is 55.5. The van der Waals surface area contributed by atoms with Crippen molar-refractivity contribution in [1.29, 1.82) is 0 Å². The first-order chi connectivity index (χ1) is 36.8. The molecule has 1 aliphatic heterocycles. The molecule has 1 aliphatic rings. The number of aliphatic hydroxyl groups is 5. The summed E-state index contributed by atoms with van der Waals surface area (Å²) in [6.07, 6.45) is 67.8. The zero-order valence-corrected chi connectivity index (χ0v) is 49.1. The van der Waals surface area contributed by atoms with E-state index in [4.69, 9.17) is 9.47 Å². The normalized spacial score (nSPS) is 19.2. The molecule has 6 N–H and O–H groups in total. The molecule has 75 heavy (non-hydrogen) atoms. The summed E-state index contributed by atoms with van der Waals surface area (Å²) < 4.78 is 11.3. The molecule has 1 rings (SSSR count). The van der Waals surface area contributed by atoms with Gasteiger partial charge in [-0.15, -0.1) is 0 Å². The van der Waals surface area contributed by atoms with Crippen LogP contribution < -0.4 is 5.32 Å². The summed E-state index contributed by atoms with van der Waals surface area (Å²) >= 11 is 0. The quantitative estimate of drug-likeness (QED) is 0.0261. The highest BCUT2D eigenvalue weighted by Gasteiger charge is 2.44. The largest absolute Gasteiger partial charge is 0.394 e. The van der Waals surface area contributed by atoms with Crippen molar-refractivity contribution in [3.63, 3.8) is 0 Å². The number of nitrogens with one attached hydrogen (secondary N) is 1. The minimum absolute atomic E-state index is 0.187. The summed E-state index contributed by atoms with van der Waals surface area (Å²) in [5, 5.41) is 54.6. The second-order valence-corrected chi connectivity index (χ2v) is 22.5. The third-order valence-corrected chi connectivity index (χ3v) is 15.4. The molecule has 440 valence electrons. The Morgan fingerprint density at radius 1 is 0.440 bits per heavy atom. The Bertz CT molecular complexity index is 1320. The first-order valence-corrected chi connectivity index (χ1v) is 32.4. The Morgan fingerprint density at radius 2 is 0.760 bits per heavy atom. The van der Waals surface area contributed by atoms with Gasteiger partial charge >= 0.3 is 0 Å². The average Bonchev–Trinajstić information content (AvgIpc) is 3.41. The van der Waals surface area contributed by atoms with Crippen LogP contribution in [0.4, 0.5) is 0 Å². The van der Waals surface area contributed by atoms with Crippen LogP contribution >= 0.6 is 0 Å². The molecular formula is C66H123NO8. The number of aliphatic hydroxyl groups excluding tert-OH is 5. The highest BCUT2D eigenvalue weighted by Crippen LogP contribution is 2.23. The number of amides is 1. The van der Waals surface area contributed by atoms with Crippen LogP contribution in [0.5, 0.6) is 0 Å². The molecule has 1 amide bonds. The lowest BCUT2D eigenvalue weighted by molar-refractivity contribution is -0.302. The van der Waals surface area contributed by atoms with Gasteiger partial charge in [-0.25, -0.2) is 0 Å². The highest BCUT2D eigenvalue weighted by molar-refractivity contribution is 5.76. The van der Waals surface area contributed by atoms with Gasteiger partial charge in [-0.1, -0.05) is 281 Å². The van der Waals surface area contributed by atoms with Crippen molar-refractivity contribution in [2.45, 2.75) is 352 Å². The third-order valence-electron chi connectivity index (χ3n) is 15.4. The van der Waals surface area contributed by atoms with Gasteiger partial charge < -0.3 is 40.3 Å². The van der Waals surface area contributed by atoms with E-state index in [1.165, 1.54) is 244 Å². The van der Waals surface area contributed by atoms with Gasteiger partial charge in [0, 0.05) is 6.42 Å². The van der Waals surface area contributed by atoms with Gasteiger partial charge in [0.2, 0.25) is 5.91 Å². The molecule has 0 aliphatic carbocycles. The van der Waals surface area contributed by atoms with Gasteiger partial charge in [0.15, 0.2) is 6.29 Å². The fraction of sp³-hybridized carbons (Fsp3) is 0.864. The Balaban J connectivity index is 2.14. The third kappa shape index (κ3) is 44.7. The lowest BCUT2D eigenvalue weighted by atomic mass is 9.99. The Labute approximate surface area is 463 Å². The number of hydrogen-bond donors (Lipinski definition) is 6. The van der Waals surface area contributed by atoms with Crippen LogP contribution in [0, 0.1) is 0 Å². The van der Waals surface area contributed by atoms with Crippen molar-refractivity contribution in [1.82, 2.24) is 5.32 Å². The number of unbranched alkanes of at least 4 members (excludes halogenated alkanes) is 40. The van der Waals surface area contributed by atoms with Gasteiger partial charge in [-0.3, -0.25) is 4.79 Å². The molecular weight excluding hydrogens is 935 g/mol. The summed E-state index contributed by atoms with van der Waals surface area (Å²) in [6, 6.07) is -0.828. The summed E-state index contributed by atoms with van der Waals surface area (Å²) in [5.74, 6) is -0.187. The molecule has 7 atom stereocenters. The van der Waals surface area contributed by atoms with E-state index in [0.29, 0.717) is 6.42 Å². The molecule has 0 aromatic carbocycles. The Hall–Kier alpha value is -1.85. The van der Waals surface area contributed by atoms with Crippen LogP contribution in [0.1, 0.15) is 309 Å². The topological polar surface area (TPSA) is 149 Å². The molecule has 9 heteroatoms. The first kappa shape index (κ1) is 71.2. The van der Waals surface area contributed by atoms with E-state index in [0.717, 1.165) is 44.9 Å². The van der Waals surface area contributed by atoms with E-state index in [1.54, 1.807) is 6.08 Å². The summed E-state index contributed by atoms with van der Waals surface area (Å²) in [4.78, 5) is 13.1. The summed E-state index contributed by atoms with van der Waals surface area (Å²) in [7, 11) is 0. The molecule has 0 radical (unpaired) electrons. The van der Waals surface area contributed by atoms with Crippen LogP contribution in [0.15, 0.2) is 48.6 Å². The minimum atomic E-state index is -1.58. The van der Waals surface area contributed by atoms with Crippen LogP contribution in [0.3, 0.4) is 0 Å². The highest BCUT2D eigenvalue weighted by atomic mass is 16.7. The van der Waals surface area contributed by atoms with Crippen molar-refractivity contribution in [2.75, 3.05) is 13.2 Å². The SMILES string of the molecule is CCCCCCCCCCC/C=C/CC/C=C/CC/C=C/C(O)C(COC1OC(CO)C(O)C(O)C1O)NC(=O)CCCCCCCCCCCCCCCCCCC/C=C\CCCCCCCCCCCCCC. The molecule has 0 aromatic heterocycles. The number of ether oxygens (including phenoxy) is 2. The monoisotopic (exact) mass is 1060 g/mol. The standard InChI is InChI=1S/C66H123NO8/c1-3-5-7-9-11-13-15-17-19-21-23-24-25-26-27-28-29-30-31-32-33-34-35-36-38-40-42-44-46-48-50-52-54-56-62(70)67-59(58-74-66-65(73)64(72)63(71)61(57-68)75-66)60(69)55-53-51-49-47-45-43-41-39-37-22-20-18-16-14-12-10-8-6-4-2/h26-27,37,39,45,47,53,55,59-61,63-66,68-69,71-73H,3-25,28-36,38,40-44,46,48-52,54,56-58H2,1-2H3,(H,67,70)/b27-26-,39-37+,47-45+,55-53+. The fourth-order valence-corrected chi connectivity index (χ4v) is 10.2. The molecule has 0 saturated carbocycles. The smallest absolute Gasteiger partial charge is 0.220 e. The van der Waals surface area contributed by atoms with Crippen molar-refractivity contribution in [3.8, 4) is 0 Å². The molecule has 7 unspecified atom stereocenters. The van der Waals surface area contributed by atoms with Crippen LogP contribution in [-0.4, -0.2) is 87.5 Å². The lowest BCUT2D eigenvalue weighted by Crippen LogP contribution is -2.60. The number of hydrogen-bond acceptors (Lipinski definition) is 8. The van der Waals surface area contributed by atoms with E-state index >= 15 is 0 Å². The zero-order chi connectivity index (χ0) is 54.3. The van der Waals surface area contributed by atoms with Crippen molar-refractivity contribution in [3.05, 3.63) is 48.6 Å². The molecule has 0 bridgehead atoms. The fourth-order valence-electron chi connectivity index (χ4n) is 10.2. The first-order valence-electron chi connectivity index (χ1n) is 32.4. The van der Waals surface area contributed by atoms with Crippen molar-refractivity contribution in [2.24, 2.45) is 0 Å². The Morgan fingerprint density at radius 3 is 1.12 bits per heavy atom. The van der Waals surface area contributed by atoms with Crippen LogP contribution in [0.25, 0.3) is 0 Å². The molecule has 1 saturated heterocycles.